The first kappa shape index (κ1) is 20.4. The van der Waals surface area contributed by atoms with Crippen LogP contribution in [0.1, 0.15) is 25.7 Å². The summed E-state index contributed by atoms with van der Waals surface area (Å²) in [5.74, 6) is 1.63. The fourth-order valence-corrected chi connectivity index (χ4v) is 5.16. The third-order valence-corrected chi connectivity index (χ3v) is 6.79. The molecule has 2 atom stereocenters. The zero-order chi connectivity index (χ0) is 22.2. The number of methoxy groups -OCH3 is 1. The fourth-order valence-electron chi connectivity index (χ4n) is 5.16. The van der Waals surface area contributed by atoms with Gasteiger partial charge < -0.3 is 14.2 Å². The predicted molar refractivity (Wildman–Crippen MR) is 127 cm³/mol. The maximum atomic E-state index is 6.54. The molecule has 0 aliphatic carbocycles. The first-order chi connectivity index (χ1) is 16.3. The summed E-state index contributed by atoms with van der Waals surface area (Å²) in [5.41, 5.74) is 3.51. The molecule has 2 saturated heterocycles. The highest BCUT2D eigenvalue weighted by Gasteiger charge is 2.38. The van der Waals surface area contributed by atoms with Crippen LogP contribution in [-0.4, -0.2) is 58.4 Å². The number of aromatic nitrogens is 3. The van der Waals surface area contributed by atoms with Crippen molar-refractivity contribution < 1.29 is 14.2 Å². The normalized spacial score (nSPS) is 20.5. The van der Waals surface area contributed by atoms with Crippen LogP contribution in [0, 0.1) is 0 Å². The SMILES string of the molecule is COCCOc1ccn2c(-c3ccc4cccc(O[C@H]5CCC6CCCN65)c4n3)cnc2c1. The number of benzene rings is 1. The highest BCUT2D eigenvalue weighted by Crippen LogP contribution is 2.36. The Morgan fingerprint density at radius 2 is 2.03 bits per heavy atom. The molecule has 7 heteroatoms. The van der Waals surface area contributed by atoms with Gasteiger partial charge in [-0.3, -0.25) is 9.30 Å². The lowest BCUT2D eigenvalue weighted by atomic mass is 10.1. The van der Waals surface area contributed by atoms with Gasteiger partial charge in [0.2, 0.25) is 0 Å². The largest absolute Gasteiger partial charge is 0.491 e. The highest BCUT2D eigenvalue weighted by molar-refractivity contribution is 5.86. The van der Waals surface area contributed by atoms with Crippen molar-refractivity contribution in [3.8, 4) is 22.9 Å². The smallest absolute Gasteiger partial charge is 0.153 e. The highest BCUT2D eigenvalue weighted by atomic mass is 16.5. The number of nitrogens with zero attached hydrogens (tertiary/aromatic N) is 4. The average molecular weight is 445 g/mol. The van der Waals surface area contributed by atoms with E-state index in [4.69, 9.17) is 19.2 Å². The standard InChI is InChI=1S/C26H28N4O3/c1-31-14-15-32-20-11-13-30-22(17-27-24(30)16-20)21-9-7-18-4-2-6-23(26(18)28-21)33-25-10-8-19-5-3-12-29(19)25/h2,4,6-7,9,11,13,16-17,19,25H,3,5,8,10,12,14-15H2,1H3/t19?,25-/m0/s1. The third kappa shape index (κ3) is 3.81. The van der Waals surface area contributed by atoms with Gasteiger partial charge in [0.1, 0.15) is 29.3 Å². The van der Waals surface area contributed by atoms with Crippen molar-refractivity contribution in [3.05, 3.63) is 54.9 Å². The lowest BCUT2D eigenvalue weighted by Gasteiger charge is -2.25. The Labute approximate surface area is 192 Å². The quantitative estimate of drug-likeness (QED) is 0.390. The minimum atomic E-state index is 0.154. The molecular formula is C26H28N4O3. The van der Waals surface area contributed by atoms with E-state index in [1.165, 1.54) is 19.3 Å². The van der Waals surface area contributed by atoms with Gasteiger partial charge >= 0.3 is 0 Å². The summed E-state index contributed by atoms with van der Waals surface area (Å²) < 4.78 is 19.3. The molecule has 6 rings (SSSR count). The van der Waals surface area contributed by atoms with Gasteiger partial charge in [-0.2, -0.15) is 0 Å². The molecule has 2 fully saturated rings. The zero-order valence-corrected chi connectivity index (χ0v) is 18.8. The van der Waals surface area contributed by atoms with Crippen molar-refractivity contribution in [3.63, 3.8) is 0 Å². The van der Waals surface area contributed by atoms with Crippen LogP contribution in [0.25, 0.3) is 27.9 Å². The number of pyridine rings is 2. The second kappa shape index (κ2) is 8.65. The molecule has 7 nitrogen and oxygen atoms in total. The van der Waals surface area contributed by atoms with Crippen LogP contribution >= 0.6 is 0 Å². The summed E-state index contributed by atoms with van der Waals surface area (Å²) in [4.78, 5) is 12.1. The van der Waals surface area contributed by atoms with Crippen molar-refractivity contribution in [2.75, 3.05) is 26.9 Å². The van der Waals surface area contributed by atoms with Crippen molar-refractivity contribution in [2.24, 2.45) is 0 Å². The monoisotopic (exact) mass is 444 g/mol. The van der Waals surface area contributed by atoms with E-state index in [1.54, 1.807) is 7.11 Å². The first-order valence-electron chi connectivity index (χ1n) is 11.7. The van der Waals surface area contributed by atoms with Crippen LogP contribution in [0.4, 0.5) is 0 Å². The number of fused-ring (bicyclic) bond motifs is 3. The third-order valence-electron chi connectivity index (χ3n) is 6.79. The van der Waals surface area contributed by atoms with Crippen LogP contribution in [0.3, 0.4) is 0 Å². The molecule has 4 aromatic rings. The van der Waals surface area contributed by atoms with E-state index in [0.29, 0.717) is 19.3 Å². The lowest BCUT2D eigenvalue weighted by Crippen LogP contribution is -2.35. The van der Waals surface area contributed by atoms with Gasteiger partial charge in [-0.25, -0.2) is 9.97 Å². The molecule has 0 bridgehead atoms. The van der Waals surface area contributed by atoms with Crippen LogP contribution in [-0.2, 0) is 4.74 Å². The minimum Gasteiger partial charge on any atom is -0.491 e. The average Bonchev–Trinajstić information content (AvgIpc) is 3.56. The Hall–Kier alpha value is -3.16. The topological polar surface area (TPSA) is 61.1 Å². The molecule has 0 N–H and O–H groups in total. The van der Waals surface area contributed by atoms with Crippen LogP contribution < -0.4 is 9.47 Å². The number of hydrogen-bond acceptors (Lipinski definition) is 6. The van der Waals surface area contributed by atoms with E-state index in [-0.39, 0.29) is 6.23 Å². The lowest BCUT2D eigenvalue weighted by molar-refractivity contribution is 0.0592. The van der Waals surface area contributed by atoms with E-state index in [1.807, 2.05) is 41.1 Å². The Morgan fingerprint density at radius 3 is 2.97 bits per heavy atom. The second-order valence-corrected chi connectivity index (χ2v) is 8.78. The van der Waals surface area contributed by atoms with Gasteiger partial charge in [0.05, 0.1) is 24.2 Å². The van der Waals surface area contributed by atoms with Crippen molar-refractivity contribution in [1.29, 1.82) is 0 Å². The van der Waals surface area contributed by atoms with E-state index in [0.717, 1.165) is 52.4 Å². The Morgan fingerprint density at radius 1 is 1.06 bits per heavy atom. The molecule has 33 heavy (non-hydrogen) atoms. The fraction of sp³-hybridized carbons (Fsp3) is 0.385. The van der Waals surface area contributed by atoms with E-state index in [2.05, 4.69) is 28.1 Å². The van der Waals surface area contributed by atoms with Gasteiger partial charge in [0.15, 0.2) is 6.23 Å². The molecule has 1 unspecified atom stereocenters. The Bertz CT molecular complexity index is 1290. The van der Waals surface area contributed by atoms with Gasteiger partial charge in [0.25, 0.3) is 0 Å². The number of rotatable bonds is 7. The summed E-state index contributed by atoms with van der Waals surface area (Å²) in [5, 5.41) is 1.08. The second-order valence-electron chi connectivity index (χ2n) is 8.78. The number of ether oxygens (including phenoxy) is 3. The summed E-state index contributed by atoms with van der Waals surface area (Å²) in [6.45, 7) is 2.20. The molecule has 0 saturated carbocycles. The molecular weight excluding hydrogens is 416 g/mol. The van der Waals surface area contributed by atoms with E-state index in [9.17, 15) is 0 Å². The molecule has 170 valence electrons. The number of para-hydroxylation sites is 1. The summed E-state index contributed by atoms with van der Waals surface area (Å²) in [6, 6.07) is 14.9. The molecule has 0 radical (unpaired) electrons. The summed E-state index contributed by atoms with van der Waals surface area (Å²) >= 11 is 0. The predicted octanol–water partition coefficient (Wildman–Crippen LogP) is 4.54. The molecule has 0 amide bonds. The van der Waals surface area contributed by atoms with Crippen LogP contribution in [0.5, 0.6) is 11.5 Å². The summed E-state index contributed by atoms with van der Waals surface area (Å²) in [7, 11) is 1.66. The number of hydrogen-bond donors (Lipinski definition) is 0. The molecule has 2 aliphatic heterocycles. The molecule has 1 aromatic carbocycles. The summed E-state index contributed by atoms with van der Waals surface area (Å²) in [6.07, 6.45) is 8.87. The Balaban J connectivity index is 1.32. The van der Waals surface area contributed by atoms with Crippen molar-refractivity contribution >= 4 is 16.6 Å². The van der Waals surface area contributed by atoms with E-state index >= 15 is 0 Å². The van der Waals surface area contributed by atoms with E-state index < -0.39 is 0 Å². The number of imidazole rings is 1. The van der Waals surface area contributed by atoms with Crippen molar-refractivity contribution in [1.82, 2.24) is 19.3 Å². The molecule has 2 aliphatic rings. The van der Waals surface area contributed by atoms with Gasteiger partial charge in [-0.05, 0) is 43.9 Å². The van der Waals surface area contributed by atoms with Gasteiger partial charge in [0, 0.05) is 37.3 Å². The molecule has 5 heterocycles. The maximum absolute atomic E-state index is 6.54. The van der Waals surface area contributed by atoms with Crippen LogP contribution in [0.2, 0.25) is 0 Å². The van der Waals surface area contributed by atoms with Gasteiger partial charge in [-0.15, -0.1) is 0 Å². The van der Waals surface area contributed by atoms with Crippen molar-refractivity contribution in [2.45, 2.75) is 38.0 Å². The minimum absolute atomic E-state index is 0.154. The van der Waals surface area contributed by atoms with Gasteiger partial charge in [-0.1, -0.05) is 18.2 Å². The maximum Gasteiger partial charge on any atom is 0.153 e. The molecule has 0 spiro atoms. The zero-order valence-electron chi connectivity index (χ0n) is 18.8. The van der Waals surface area contributed by atoms with Crippen LogP contribution in [0.15, 0.2) is 54.9 Å². The Kier molecular flexibility index (Phi) is 5.36. The first-order valence-corrected chi connectivity index (χ1v) is 11.7. The molecule has 3 aromatic heterocycles.